The van der Waals surface area contributed by atoms with Crippen LogP contribution in [0.5, 0.6) is 0 Å². The summed E-state index contributed by atoms with van der Waals surface area (Å²) in [5.74, 6) is -0.296. The molecule has 0 bridgehead atoms. The molecule has 1 aromatic heterocycles. The van der Waals surface area contributed by atoms with E-state index in [4.69, 9.17) is 16.3 Å². The summed E-state index contributed by atoms with van der Waals surface area (Å²) < 4.78 is 6.89. The van der Waals surface area contributed by atoms with Crippen LogP contribution in [0.4, 0.5) is 5.69 Å². The third-order valence-electron chi connectivity index (χ3n) is 5.55. The van der Waals surface area contributed by atoms with Crippen molar-refractivity contribution < 1.29 is 14.5 Å². The molecule has 2 heterocycles. The van der Waals surface area contributed by atoms with Crippen LogP contribution in [0.3, 0.4) is 0 Å². The Balaban J connectivity index is 1.44. The van der Waals surface area contributed by atoms with Gasteiger partial charge in [0, 0.05) is 48.7 Å². The van der Waals surface area contributed by atoms with Gasteiger partial charge in [-0.3, -0.25) is 24.6 Å². The Labute approximate surface area is 183 Å². The third-order valence-corrected chi connectivity index (χ3v) is 5.80. The lowest BCUT2D eigenvalue weighted by atomic mass is 10.0. The van der Waals surface area contributed by atoms with Crippen molar-refractivity contribution in [1.82, 2.24) is 19.6 Å². The Bertz CT molecular complexity index is 1090. The van der Waals surface area contributed by atoms with Crippen LogP contribution >= 0.6 is 11.6 Å². The summed E-state index contributed by atoms with van der Waals surface area (Å²) in [4.78, 5) is 27.4. The van der Waals surface area contributed by atoms with Gasteiger partial charge in [0.1, 0.15) is 6.04 Å². The Hall–Kier alpha value is -3.01. The second-order valence-electron chi connectivity index (χ2n) is 7.42. The molecule has 0 radical (unpaired) electrons. The minimum absolute atomic E-state index is 0.0525. The zero-order valence-corrected chi connectivity index (χ0v) is 17.7. The molecule has 162 valence electrons. The zero-order chi connectivity index (χ0) is 22.0. The van der Waals surface area contributed by atoms with E-state index in [9.17, 15) is 14.9 Å². The number of esters is 1. The molecule has 0 aliphatic carbocycles. The smallest absolute Gasteiger partial charge is 0.327 e. The van der Waals surface area contributed by atoms with E-state index in [2.05, 4.69) is 14.9 Å². The minimum atomic E-state index is -0.476. The predicted octanol–water partition coefficient (Wildman–Crippen LogP) is 3.09. The first-order valence-electron chi connectivity index (χ1n) is 9.86. The van der Waals surface area contributed by atoms with Crippen molar-refractivity contribution in [3.05, 3.63) is 69.4 Å². The van der Waals surface area contributed by atoms with Gasteiger partial charge >= 0.3 is 5.97 Å². The molecule has 1 aliphatic heterocycles. The number of piperazine rings is 1. The van der Waals surface area contributed by atoms with E-state index in [-0.39, 0.29) is 11.7 Å². The van der Waals surface area contributed by atoms with Crippen LogP contribution in [-0.2, 0) is 16.2 Å². The highest BCUT2D eigenvalue weighted by Gasteiger charge is 2.31. The molecule has 1 atom stereocenters. The van der Waals surface area contributed by atoms with Crippen molar-refractivity contribution in [3.63, 3.8) is 0 Å². The van der Waals surface area contributed by atoms with Gasteiger partial charge < -0.3 is 4.74 Å². The second kappa shape index (κ2) is 9.01. The molecule has 2 aromatic carbocycles. The average molecular weight is 444 g/mol. The Kier molecular flexibility index (Phi) is 6.17. The number of aromatic nitrogens is 2. The van der Waals surface area contributed by atoms with Gasteiger partial charge in [0.25, 0.3) is 5.69 Å². The molecular formula is C21H22ClN5O4. The number of rotatable bonds is 6. The van der Waals surface area contributed by atoms with Crippen LogP contribution < -0.4 is 0 Å². The van der Waals surface area contributed by atoms with E-state index in [1.807, 2.05) is 16.8 Å². The van der Waals surface area contributed by atoms with Crippen LogP contribution in [0.25, 0.3) is 10.9 Å². The molecule has 4 rings (SSSR count). The van der Waals surface area contributed by atoms with Gasteiger partial charge in [-0.2, -0.15) is 5.10 Å². The van der Waals surface area contributed by atoms with Crippen molar-refractivity contribution in [2.75, 3.05) is 33.3 Å². The number of carbonyl (C=O) groups excluding carboxylic acids is 1. The number of nitro benzene ring substituents is 1. The predicted molar refractivity (Wildman–Crippen MR) is 116 cm³/mol. The molecule has 31 heavy (non-hydrogen) atoms. The van der Waals surface area contributed by atoms with Gasteiger partial charge in [-0.25, -0.2) is 4.79 Å². The minimum Gasteiger partial charge on any atom is -0.468 e. The monoisotopic (exact) mass is 443 g/mol. The standard InChI is InChI=1S/C21H22ClN5O4/c1-31-21(28)20(15-2-4-17(22)5-3-15)25-10-8-24(9-11-25)14-26-19-7-6-18(27(29)30)12-16(19)13-23-26/h2-7,12-13,20H,8-11,14H2,1H3/t20-/m0/s1. The first-order chi connectivity index (χ1) is 15.0. The summed E-state index contributed by atoms with van der Waals surface area (Å²) in [5, 5.41) is 16.7. The quantitative estimate of drug-likeness (QED) is 0.328. The molecular weight excluding hydrogens is 422 g/mol. The zero-order valence-electron chi connectivity index (χ0n) is 17.0. The topological polar surface area (TPSA) is 93.7 Å². The Morgan fingerprint density at radius 3 is 2.55 bits per heavy atom. The number of benzene rings is 2. The normalized spacial score (nSPS) is 16.3. The number of hydrogen-bond donors (Lipinski definition) is 0. The molecule has 0 spiro atoms. The number of methoxy groups -OCH3 is 1. The Morgan fingerprint density at radius 1 is 1.19 bits per heavy atom. The summed E-state index contributed by atoms with van der Waals surface area (Å²) >= 11 is 5.99. The highest BCUT2D eigenvalue weighted by molar-refractivity contribution is 6.30. The van der Waals surface area contributed by atoms with E-state index in [1.54, 1.807) is 24.4 Å². The maximum Gasteiger partial charge on any atom is 0.327 e. The molecule has 0 N–H and O–H groups in total. The van der Waals surface area contributed by atoms with E-state index in [1.165, 1.54) is 19.2 Å². The average Bonchev–Trinajstić information content (AvgIpc) is 3.18. The van der Waals surface area contributed by atoms with Crippen molar-refractivity contribution in [3.8, 4) is 0 Å². The molecule has 0 saturated carbocycles. The first kappa shape index (κ1) is 21.2. The summed E-state index contributed by atoms with van der Waals surface area (Å²) in [7, 11) is 1.40. The van der Waals surface area contributed by atoms with Gasteiger partial charge in [0.2, 0.25) is 0 Å². The first-order valence-corrected chi connectivity index (χ1v) is 10.2. The lowest BCUT2D eigenvalue weighted by molar-refractivity contribution is -0.384. The van der Waals surface area contributed by atoms with E-state index < -0.39 is 11.0 Å². The molecule has 1 aliphatic rings. The van der Waals surface area contributed by atoms with E-state index in [0.29, 0.717) is 24.8 Å². The Morgan fingerprint density at radius 2 is 1.90 bits per heavy atom. The molecule has 9 nitrogen and oxygen atoms in total. The number of nitrogens with zero attached hydrogens (tertiary/aromatic N) is 5. The number of carbonyl (C=O) groups is 1. The molecule has 0 amide bonds. The van der Waals surface area contributed by atoms with E-state index in [0.717, 1.165) is 29.6 Å². The highest BCUT2D eigenvalue weighted by atomic mass is 35.5. The fourth-order valence-corrected chi connectivity index (χ4v) is 4.03. The summed E-state index contributed by atoms with van der Waals surface area (Å²) in [6, 6.07) is 11.5. The molecule has 1 saturated heterocycles. The SMILES string of the molecule is COC(=O)[C@H](c1ccc(Cl)cc1)N1CCN(Cn2ncc3cc([N+](=O)[O-])ccc32)CC1. The number of fused-ring (bicyclic) bond motifs is 1. The second-order valence-corrected chi connectivity index (χ2v) is 7.85. The molecule has 10 heteroatoms. The van der Waals surface area contributed by atoms with Crippen LogP contribution in [0, 0.1) is 10.1 Å². The lowest BCUT2D eigenvalue weighted by Crippen LogP contribution is -2.49. The number of halogens is 1. The van der Waals surface area contributed by atoms with E-state index >= 15 is 0 Å². The van der Waals surface area contributed by atoms with Crippen LogP contribution in [0.15, 0.2) is 48.7 Å². The van der Waals surface area contributed by atoms with Crippen LogP contribution in [0.2, 0.25) is 5.02 Å². The van der Waals surface area contributed by atoms with Crippen molar-refractivity contribution in [2.45, 2.75) is 12.7 Å². The largest absolute Gasteiger partial charge is 0.468 e. The maximum absolute atomic E-state index is 12.5. The highest BCUT2D eigenvalue weighted by Crippen LogP contribution is 2.26. The summed E-state index contributed by atoms with van der Waals surface area (Å²) in [5.41, 5.74) is 1.75. The van der Waals surface area contributed by atoms with Gasteiger partial charge in [-0.15, -0.1) is 0 Å². The van der Waals surface area contributed by atoms with Crippen LogP contribution in [-0.4, -0.2) is 63.8 Å². The van der Waals surface area contributed by atoms with Crippen LogP contribution in [0.1, 0.15) is 11.6 Å². The molecule has 3 aromatic rings. The maximum atomic E-state index is 12.5. The number of nitro groups is 1. The van der Waals surface area contributed by atoms with Gasteiger partial charge in [-0.05, 0) is 23.8 Å². The molecule has 0 unspecified atom stereocenters. The number of non-ortho nitro benzene ring substituents is 1. The molecule has 1 fully saturated rings. The fourth-order valence-electron chi connectivity index (χ4n) is 3.91. The van der Waals surface area contributed by atoms with Gasteiger partial charge in [0.15, 0.2) is 0 Å². The van der Waals surface area contributed by atoms with Gasteiger partial charge in [0.05, 0.1) is 30.4 Å². The van der Waals surface area contributed by atoms with Gasteiger partial charge in [-0.1, -0.05) is 23.7 Å². The summed E-state index contributed by atoms with van der Waals surface area (Å²) in [6.45, 7) is 3.43. The van der Waals surface area contributed by atoms with Crippen molar-refractivity contribution in [2.24, 2.45) is 0 Å². The fraction of sp³-hybridized carbons (Fsp3) is 0.333. The number of hydrogen-bond acceptors (Lipinski definition) is 7. The van der Waals surface area contributed by atoms with Crippen molar-refractivity contribution >= 4 is 34.2 Å². The van der Waals surface area contributed by atoms with Crippen molar-refractivity contribution in [1.29, 1.82) is 0 Å². The summed E-state index contributed by atoms with van der Waals surface area (Å²) in [6.07, 6.45) is 1.65. The number of ether oxygens (including phenoxy) is 1. The third kappa shape index (κ3) is 4.53. The lowest BCUT2D eigenvalue weighted by Gasteiger charge is -2.38.